The first-order chi connectivity index (χ1) is 7.04. The van der Waals surface area contributed by atoms with Crippen LogP contribution in [-0.2, 0) is 9.59 Å². The standard InChI is InChI=1S/C11H14O4/c1-2-3-4-5-6-11(10(14)15)7-8(11)9(12)13/h8H,4-7H2,1H3,(H,12,13)(H,14,15). The van der Waals surface area contributed by atoms with E-state index in [0.717, 1.165) is 0 Å². The first-order valence-electron chi connectivity index (χ1n) is 4.90. The van der Waals surface area contributed by atoms with Crippen molar-refractivity contribution in [1.29, 1.82) is 0 Å². The molecule has 2 unspecified atom stereocenters. The van der Waals surface area contributed by atoms with Gasteiger partial charge in [-0.15, -0.1) is 11.8 Å². The van der Waals surface area contributed by atoms with Crippen LogP contribution in [0.15, 0.2) is 0 Å². The number of hydrogen-bond donors (Lipinski definition) is 2. The number of carbonyl (C=O) groups is 2. The topological polar surface area (TPSA) is 74.6 Å². The third-order valence-corrected chi connectivity index (χ3v) is 2.90. The number of carboxylic acid groups (broad SMARTS) is 2. The third-order valence-electron chi connectivity index (χ3n) is 2.90. The van der Waals surface area contributed by atoms with Gasteiger partial charge in [-0.1, -0.05) is 0 Å². The van der Waals surface area contributed by atoms with E-state index in [-0.39, 0.29) is 6.42 Å². The van der Waals surface area contributed by atoms with Gasteiger partial charge in [0.1, 0.15) is 0 Å². The summed E-state index contributed by atoms with van der Waals surface area (Å²) in [5.41, 5.74) is -1.01. The molecule has 1 aliphatic carbocycles. The maximum Gasteiger partial charge on any atom is 0.310 e. The molecule has 82 valence electrons. The molecule has 0 spiro atoms. The highest BCUT2D eigenvalue weighted by molar-refractivity contribution is 5.89. The summed E-state index contributed by atoms with van der Waals surface area (Å²) in [6.07, 6.45) is 1.96. The molecule has 1 saturated carbocycles. The molecule has 1 aliphatic rings. The summed E-state index contributed by atoms with van der Waals surface area (Å²) in [5.74, 6) is 2.87. The molecule has 0 aromatic rings. The van der Waals surface area contributed by atoms with Crippen molar-refractivity contribution in [1.82, 2.24) is 0 Å². The van der Waals surface area contributed by atoms with Gasteiger partial charge in [-0.2, -0.15) is 0 Å². The van der Waals surface area contributed by atoms with Gasteiger partial charge in [0, 0.05) is 6.42 Å². The Morgan fingerprint density at radius 3 is 2.53 bits per heavy atom. The van der Waals surface area contributed by atoms with Crippen LogP contribution in [0.4, 0.5) is 0 Å². The number of unbranched alkanes of at least 4 members (excludes halogenated alkanes) is 1. The molecule has 0 saturated heterocycles. The van der Waals surface area contributed by atoms with E-state index in [2.05, 4.69) is 11.8 Å². The van der Waals surface area contributed by atoms with E-state index < -0.39 is 23.3 Å². The van der Waals surface area contributed by atoms with Crippen molar-refractivity contribution in [2.45, 2.75) is 32.6 Å². The van der Waals surface area contributed by atoms with E-state index in [0.29, 0.717) is 19.3 Å². The first kappa shape index (κ1) is 11.6. The summed E-state index contributed by atoms with van der Waals surface area (Å²) in [5, 5.41) is 17.7. The molecular weight excluding hydrogens is 196 g/mol. The highest BCUT2D eigenvalue weighted by atomic mass is 16.4. The maximum absolute atomic E-state index is 11.0. The van der Waals surface area contributed by atoms with Gasteiger partial charge in [0.15, 0.2) is 0 Å². The normalized spacial score (nSPS) is 27.7. The summed E-state index contributed by atoms with van der Waals surface area (Å²) in [6.45, 7) is 1.73. The van der Waals surface area contributed by atoms with Crippen LogP contribution in [-0.4, -0.2) is 22.2 Å². The minimum atomic E-state index is -1.01. The lowest BCUT2D eigenvalue weighted by Gasteiger charge is -2.08. The van der Waals surface area contributed by atoms with Crippen molar-refractivity contribution >= 4 is 11.9 Å². The van der Waals surface area contributed by atoms with Gasteiger partial charge >= 0.3 is 11.9 Å². The average Bonchev–Trinajstić information content (AvgIpc) is 2.89. The van der Waals surface area contributed by atoms with Crippen LogP contribution >= 0.6 is 0 Å². The van der Waals surface area contributed by atoms with E-state index >= 15 is 0 Å². The Hall–Kier alpha value is -1.50. The van der Waals surface area contributed by atoms with Crippen LogP contribution in [0, 0.1) is 23.2 Å². The Morgan fingerprint density at radius 2 is 2.13 bits per heavy atom. The molecule has 4 nitrogen and oxygen atoms in total. The fraction of sp³-hybridized carbons (Fsp3) is 0.636. The minimum Gasteiger partial charge on any atom is -0.481 e. The molecule has 1 fully saturated rings. The monoisotopic (exact) mass is 210 g/mol. The number of aliphatic carboxylic acids is 2. The van der Waals surface area contributed by atoms with Gasteiger partial charge < -0.3 is 10.2 Å². The van der Waals surface area contributed by atoms with Crippen LogP contribution in [0.25, 0.3) is 0 Å². The van der Waals surface area contributed by atoms with Crippen molar-refractivity contribution in [3.05, 3.63) is 0 Å². The van der Waals surface area contributed by atoms with E-state index in [1.54, 1.807) is 6.92 Å². The fourth-order valence-electron chi connectivity index (χ4n) is 1.87. The number of rotatable bonds is 5. The largest absolute Gasteiger partial charge is 0.481 e. The van der Waals surface area contributed by atoms with Gasteiger partial charge in [-0.05, 0) is 26.2 Å². The predicted octanol–water partition coefficient (Wildman–Crippen LogP) is 1.36. The Morgan fingerprint density at radius 1 is 1.47 bits per heavy atom. The fourth-order valence-corrected chi connectivity index (χ4v) is 1.87. The molecule has 4 heteroatoms. The van der Waals surface area contributed by atoms with Crippen molar-refractivity contribution in [3.63, 3.8) is 0 Å². The minimum absolute atomic E-state index is 0.261. The van der Waals surface area contributed by atoms with Gasteiger partial charge in [0.05, 0.1) is 11.3 Å². The van der Waals surface area contributed by atoms with Crippen molar-refractivity contribution in [2.75, 3.05) is 0 Å². The first-order valence-corrected chi connectivity index (χ1v) is 4.90. The zero-order valence-corrected chi connectivity index (χ0v) is 8.62. The van der Waals surface area contributed by atoms with Crippen LogP contribution in [0.3, 0.4) is 0 Å². The summed E-state index contributed by atoms with van der Waals surface area (Å²) < 4.78 is 0. The van der Waals surface area contributed by atoms with E-state index in [9.17, 15) is 9.59 Å². The van der Waals surface area contributed by atoms with Crippen LogP contribution < -0.4 is 0 Å². The highest BCUT2D eigenvalue weighted by Gasteiger charge is 2.63. The van der Waals surface area contributed by atoms with Crippen LogP contribution in [0.2, 0.25) is 0 Å². The quantitative estimate of drug-likeness (QED) is 0.530. The van der Waals surface area contributed by atoms with Gasteiger partial charge in [0.25, 0.3) is 0 Å². The molecule has 0 aromatic heterocycles. The molecule has 0 heterocycles. The lowest BCUT2D eigenvalue weighted by molar-refractivity contribution is -0.149. The summed E-state index contributed by atoms with van der Waals surface area (Å²) in [4.78, 5) is 21.6. The molecule has 0 radical (unpaired) electrons. The molecule has 0 bridgehead atoms. The SMILES string of the molecule is CC#CCCCC1(C(=O)O)CC1C(=O)O. The Bertz CT molecular complexity index is 336. The molecule has 2 atom stereocenters. The summed E-state index contributed by atoms with van der Waals surface area (Å²) >= 11 is 0. The smallest absolute Gasteiger partial charge is 0.310 e. The lowest BCUT2D eigenvalue weighted by Crippen LogP contribution is -2.20. The number of hydrogen-bond acceptors (Lipinski definition) is 2. The molecule has 0 amide bonds. The molecule has 1 rings (SSSR count). The number of carboxylic acids is 2. The second kappa shape index (κ2) is 4.35. The zero-order valence-electron chi connectivity index (χ0n) is 8.62. The Labute approximate surface area is 88.3 Å². The van der Waals surface area contributed by atoms with Gasteiger partial charge in [-0.3, -0.25) is 9.59 Å². The van der Waals surface area contributed by atoms with E-state index in [1.807, 2.05) is 0 Å². The van der Waals surface area contributed by atoms with Gasteiger partial charge in [-0.25, -0.2) is 0 Å². The van der Waals surface area contributed by atoms with Crippen molar-refractivity contribution < 1.29 is 19.8 Å². The Kier molecular flexibility index (Phi) is 3.35. The average molecular weight is 210 g/mol. The molecule has 15 heavy (non-hydrogen) atoms. The second-order valence-electron chi connectivity index (χ2n) is 3.84. The molecule has 2 N–H and O–H groups in total. The third kappa shape index (κ3) is 2.30. The highest BCUT2D eigenvalue weighted by Crippen LogP contribution is 2.56. The summed E-state index contributed by atoms with van der Waals surface area (Å²) in [7, 11) is 0. The van der Waals surface area contributed by atoms with E-state index in [4.69, 9.17) is 10.2 Å². The molecular formula is C11H14O4. The van der Waals surface area contributed by atoms with E-state index in [1.165, 1.54) is 0 Å². The lowest BCUT2D eigenvalue weighted by atomic mass is 9.96. The predicted molar refractivity (Wildman–Crippen MR) is 53.1 cm³/mol. The van der Waals surface area contributed by atoms with Crippen LogP contribution in [0.5, 0.6) is 0 Å². The molecule has 0 aromatic carbocycles. The van der Waals surface area contributed by atoms with Crippen LogP contribution in [0.1, 0.15) is 32.6 Å². The Balaban J connectivity index is 2.50. The van der Waals surface area contributed by atoms with Crippen molar-refractivity contribution in [2.24, 2.45) is 11.3 Å². The second-order valence-corrected chi connectivity index (χ2v) is 3.84. The molecule has 0 aliphatic heterocycles. The van der Waals surface area contributed by atoms with Gasteiger partial charge in [0.2, 0.25) is 0 Å². The van der Waals surface area contributed by atoms with Crippen molar-refractivity contribution in [3.8, 4) is 11.8 Å². The zero-order chi connectivity index (χ0) is 11.5. The summed E-state index contributed by atoms with van der Waals surface area (Å²) in [6, 6.07) is 0. The maximum atomic E-state index is 11.0.